The van der Waals surface area contributed by atoms with Gasteiger partial charge in [0.2, 0.25) is 0 Å². The highest BCUT2D eigenvalue weighted by molar-refractivity contribution is 7.99. The first-order valence-corrected chi connectivity index (χ1v) is 13.4. The summed E-state index contributed by atoms with van der Waals surface area (Å²) in [6, 6.07) is 4.19. The van der Waals surface area contributed by atoms with Crippen molar-refractivity contribution in [2.75, 3.05) is 18.0 Å². The van der Waals surface area contributed by atoms with Crippen LogP contribution in [0.3, 0.4) is 0 Å². The molecule has 2 N–H and O–H groups in total. The van der Waals surface area contributed by atoms with Gasteiger partial charge in [0.25, 0.3) is 5.91 Å². The number of piperidine rings is 1. The molecule has 7 heteroatoms. The number of amides is 1. The number of anilines is 1. The van der Waals surface area contributed by atoms with Crippen LogP contribution in [0.15, 0.2) is 17.2 Å². The molecule has 0 bridgehead atoms. The summed E-state index contributed by atoms with van der Waals surface area (Å²) in [6.45, 7) is 1.62. The molecule has 1 saturated heterocycles. The lowest BCUT2D eigenvalue weighted by Gasteiger charge is -2.33. The van der Waals surface area contributed by atoms with Gasteiger partial charge in [0.15, 0.2) is 0 Å². The number of hydrogen-bond donors (Lipinski definition) is 2. The number of carboxylic acid groups (broad SMARTS) is 1. The smallest absolute Gasteiger partial charge is 0.303 e. The number of rotatable bonds is 7. The fourth-order valence-corrected chi connectivity index (χ4v) is 6.73. The molecule has 0 aromatic carbocycles. The molecule has 1 amide bonds. The van der Waals surface area contributed by atoms with Gasteiger partial charge >= 0.3 is 5.97 Å². The number of hydrogen-bond acceptors (Lipinski definition) is 5. The van der Waals surface area contributed by atoms with Crippen molar-refractivity contribution in [1.29, 1.82) is 0 Å². The Morgan fingerprint density at radius 3 is 2.44 bits per heavy atom. The maximum Gasteiger partial charge on any atom is 0.303 e. The molecule has 2 heterocycles. The molecular weight excluding hydrogens is 422 g/mol. The summed E-state index contributed by atoms with van der Waals surface area (Å²) < 4.78 is 0. The monoisotopic (exact) mass is 459 g/mol. The van der Waals surface area contributed by atoms with Gasteiger partial charge in [-0.05, 0) is 56.6 Å². The van der Waals surface area contributed by atoms with E-state index in [1.807, 2.05) is 12.1 Å². The van der Waals surface area contributed by atoms with Gasteiger partial charge in [-0.2, -0.15) is 0 Å². The topological polar surface area (TPSA) is 82.5 Å². The third kappa shape index (κ3) is 6.40. The van der Waals surface area contributed by atoms with Crippen LogP contribution in [0.5, 0.6) is 0 Å². The maximum absolute atomic E-state index is 13.2. The average molecular weight is 460 g/mol. The molecule has 6 nitrogen and oxygen atoms in total. The van der Waals surface area contributed by atoms with Gasteiger partial charge in [-0.3, -0.25) is 9.59 Å². The van der Waals surface area contributed by atoms with E-state index in [1.54, 1.807) is 11.8 Å². The van der Waals surface area contributed by atoms with Crippen LogP contribution in [0.4, 0.5) is 5.82 Å². The van der Waals surface area contributed by atoms with E-state index in [4.69, 9.17) is 4.98 Å². The van der Waals surface area contributed by atoms with Crippen LogP contribution in [-0.4, -0.2) is 46.3 Å². The minimum atomic E-state index is -0.729. The quantitative estimate of drug-likeness (QED) is 0.579. The van der Waals surface area contributed by atoms with Crippen molar-refractivity contribution in [3.05, 3.63) is 17.7 Å². The van der Waals surface area contributed by atoms with Crippen LogP contribution >= 0.6 is 11.8 Å². The predicted molar refractivity (Wildman–Crippen MR) is 128 cm³/mol. The van der Waals surface area contributed by atoms with Crippen LogP contribution in [0.25, 0.3) is 0 Å². The van der Waals surface area contributed by atoms with Gasteiger partial charge in [-0.1, -0.05) is 38.5 Å². The summed E-state index contributed by atoms with van der Waals surface area (Å²) in [5.41, 5.74) is 0.703. The second-order valence-electron chi connectivity index (χ2n) is 9.76. The van der Waals surface area contributed by atoms with E-state index in [0.717, 1.165) is 49.6 Å². The molecule has 3 fully saturated rings. The number of carbonyl (C=O) groups excluding carboxylic acids is 1. The molecule has 0 spiro atoms. The summed E-state index contributed by atoms with van der Waals surface area (Å²) >= 11 is 1.78. The number of nitrogens with zero attached hydrogens (tertiary/aromatic N) is 2. The zero-order chi connectivity index (χ0) is 22.3. The SMILES string of the molecule is O=C(O)CC1CCCN(c2ccc(C(=O)NC3CCCCC3)c(SC3CCCCC3)n2)C1. The number of carboxylic acids is 1. The van der Waals surface area contributed by atoms with Crippen LogP contribution in [0.2, 0.25) is 0 Å². The van der Waals surface area contributed by atoms with E-state index < -0.39 is 5.97 Å². The van der Waals surface area contributed by atoms with E-state index in [2.05, 4.69) is 10.2 Å². The fraction of sp³-hybridized carbons (Fsp3) is 0.720. The number of nitrogens with one attached hydrogen (secondary N) is 1. The van der Waals surface area contributed by atoms with Gasteiger partial charge in [0.1, 0.15) is 10.8 Å². The lowest BCUT2D eigenvalue weighted by molar-refractivity contribution is -0.138. The lowest BCUT2D eigenvalue weighted by atomic mass is 9.95. The average Bonchev–Trinajstić information content (AvgIpc) is 2.80. The zero-order valence-electron chi connectivity index (χ0n) is 19.1. The second kappa shape index (κ2) is 11.4. The second-order valence-corrected chi connectivity index (χ2v) is 11.0. The summed E-state index contributed by atoms with van der Waals surface area (Å²) in [7, 11) is 0. The summed E-state index contributed by atoms with van der Waals surface area (Å²) in [5.74, 6) is 0.323. The van der Waals surface area contributed by atoms with Crippen molar-refractivity contribution >= 4 is 29.5 Å². The maximum atomic E-state index is 13.2. The molecule has 4 rings (SSSR count). The molecule has 3 aliphatic rings. The number of pyridine rings is 1. The van der Waals surface area contributed by atoms with E-state index in [-0.39, 0.29) is 24.3 Å². The summed E-state index contributed by atoms with van der Waals surface area (Å²) in [6.07, 6.45) is 14.1. The molecule has 1 unspecified atom stereocenters. The predicted octanol–water partition coefficient (Wildman–Crippen LogP) is 5.26. The highest BCUT2D eigenvalue weighted by atomic mass is 32.2. The Balaban J connectivity index is 1.52. The summed E-state index contributed by atoms with van der Waals surface area (Å²) in [4.78, 5) is 31.6. The first-order valence-electron chi connectivity index (χ1n) is 12.5. The first kappa shape index (κ1) is 23.4. The van der Waals surface area contributed by atoms with Crippen molar-refractivity contribution in [1.82, 2.24) is 10.3 Å². The molecule has 32 heavy (non-hydrogen) atoms. The van der Waals surface area contributed by atoms with E-state index >= 15 is 0 Å². The van der Waals surface area contributed by atoms with Gasteiger partial charge < -0.3 is 15.3 Å². The standard InChI is InChI=1S/C25H37N3O3S/c29-23(30)16-18-8-7-15-28(17-18)22-14-13-21(24(31)26-19-9-3-1-4-10-19)25(27-22)32-20-11-5-2-6-12-20/h13-14,18-20H,1-12,15-17H2,(H,26,31)(H,29,30). The number of carbonyl (C=O) groups is 2. The molecule has 1 aliphatic heterocycles. The summed E-state index contributed by atoms with van der Waals surface area (Å²) in [5, 5.41) is 13.8. The number of aromatic nitrogens is 1. The van der Waals surface area contributed by atoms with Crippen molar-refractivity contribution in [2.24, 2.45) is 5.92 Å². The molecule has 1 aromatic rings. The van der Waals surface area contributed by atoms with Crippen molar-refractivity contribution in [3.8, 4) is 0 Å². The molecule has 176 valence electrons. The Bertz CT molecular complexity index is 791. The Kier molecular flexibility index (Phi) is 8.33. The Labute approximate surface area is 195 Å². The van der Waals surface area contributed by atoms with Gasteiger partial charge in [-0.25, -0.2) is 4.98 Å². The molecule has 0 radical (unpaired) electrons. The first-order chi connectivity index (χ1) is 15.6. The molecule has 1 aromatic heterocycles. The van der Waals surface area contributed by atoms with Gasteiger partial charge in [-0.15, -0.1) is 11.8 Å². The minimum absolute atomic E-state index is 0.0108. The number of aliphatic carboxylic acids is 1. The van der Waals surface area contributed by atoms with Gasteiger partial charge in [0, 0.05) is 30.8 Å². The molecule has 2 saturated carbocycles. The van der Waals surface area contributed by atoms with E-state index in [9.17, 15) is 14.7 Å². The minimum Gasteiger partial charge on any atom is -0.481 e. The molecule has 2 aliphatic carbocycles. The van der Waals surface area contributed by atoms with Crippen molar-refractivity contribution in [2.45, 2.75) is 99.8 Å². The normalized spacial score (nSPS) is 23.1. The number of thioether (sulfide) groups is 1. The van der Waals surface area contributed by atoms with Crippen LogP contribution in [0, 0.1) is 5.92 Å². The Morgan fingerprint density at radius 2 is 1.72 bits per heavy atom. The van der Waals surface area contributed by atoms with Crippen LogP contribution in [-0.2, 0) is 4.79 Å². The lowest BCUT2D eigenvalue weighted by Crippen LogP contribution is -2.38. The third-order valence-corrected chi connectivity index (χ3v) is 8.51. The molecule has 1 atom stereocenters. The van der Waals surface area contributed by atoms with Crippen molar-refractivity contribution in [3.63, 3.8) is 0 Å². The van der Waals surface area contributed by atoms with E-state index in [1.165, 1.54) is 51.4 Å². The van der Waals surface area contributed by atoms with Crippen molar-refractivity contribution < 1.29 is 14.7 Å². The highest BCUT2D eigenvalue weighted by Crippen LogP contribution is 2.36. The Morgan fingerprint density at radius 1 is 1.00 bits per heavy atom. The largest absolute Gasteiger partial charge is 0.481 e. The highest BCUT2D eigenvalue weighted by Gasteiger charge is 2.26. The molecular formula is C25H37N3O3S. The Hall–Kier alpha value is -1.76. The van der Waals surface area contributed by atoms with Gasteiger partial charge in [0.05, 0.1) is 5.56 Å². The zero-order valence-corrected chi connectivity index (χ0v) is 19.9. The van der Waals surface area contributed by atoms with E-state index in [0.29, 0.717) is 10.8 Å². The third-order valence-electron chi connectivity index (χ3n) is 7.17. The van der Waals surface area contributed by atoms with Crippen LogP contribution < -0.4 is 10.2 Å². The van der Waals surface area contributed by atoms with Crippen LogP contribution in [0.1, 0.15) is 93.8 Å². The fourth-order valence-electron chi connectivity index (χ4n) is 5.41.